The lowest BCUT2D eigenvalue weighted by molar-refractivity contribution is 0.101. The van der Waals surface area contributed by atoms with Crippen molar-refractivity contribution < 1.29 is 17.7 Å². The van der Waals surface area contributed by atoms with Crippen LogP contribution in [-0.4, -0.2) is 59.7 Å². The summed E-state index contributed by atoms with van der Waals surface area (Å²) in [5.74, 6) is 0.862. The molecular weight excluding hydrogens is 440 g/mol. The molecule has 0 bridgehead atoms. The molecule has 1 saturated heterocycles. The molecule has 0 radical (unpaired) electrons. The molecule has 10 heteroatoms. The number of hydrogen-bond acceptors (Lipinski definition) is 7. The van der Waals surface area contributed by atoms with Crippen LogP contribution in [0.5, 0.6) is 0 Å². The lowest BCUT2D eigenvalue weighted by Gasteiger charge is -2.33. The highest BCUT2D eigenvalue weighted by Crippen LogP contribution is 2.21. The van der Waals surface area contributed by atoms with Crippen molar-refractivity contribution in [3.8, 4) is 11.4 Å². The van der Waals surface area contributed by atoms with Crippen molar-refractivity contribution in [3.05, 3.63) is 65.0 Å². The van der Waals surface area contributed by atoms with Gasteiger partial charge in [0.25, 0.3) is 0 Å². The minimum absolute atomic E-state index is 0.0993. The number of carbonyl (C=O) groups is 1. The highest BCUT2D eigenvalue weighted by Gasteiger charge is 2.29. The van der Waals surface area contributed by atoms with E-state index >= 15 is 0 Å². The van der Waals surface area contributed by atoms with Gasteiger partial charge in [-0.3, -0.25) is 9.69 Å². The fourth-order valence-electron chi connectivity index (χ4n) is 3.37. The van der Waals surface area contributed by atoms with Crippen molar-refractivity contribution in [1.29, 1.82) is 0 Å². The number of rotatable bonds is 6. The van der Waals surface area contributed by atoms with Crippen LogP contribution in [0.25, 0.3) is 11.4 Å². The number of sulfonamides is 1. The Morgan fingerprint density at radius 1 is 1.03 bits per heavy atom. The molecule has 162 valence electrons. The van der Waals surface area contributed by atoms with E-state index in [9.17, 15) is 13.2 Å². The third kappa shape index (κ3) is 4.85. The van der Waals surface area contributed by atoms with E-state index in [1.807, 2.05) is 12.1 Å². The van der Waals surface area contributed by atoms with Gasteiger partial charge < -0.3 is 4.52 Å². The summed E-state index contributed by atoms with van der Waals surface area (Å²) in [5, 5.41) is 4.64. The molecule has 0 aliphatic carbocycles. The SMILES string of the molecule is CC(=O)c1ccc(S(=O)(=O)N2CCN(Cc3nc(-c4ccc(Cl)cc4)no3)CC2)cc1. The Kier molecular flexibility index (Phi) is 6.19. The van der Waals surface area contributed by atoms with Gasteiger partial charge in [0.15, 0.2) is 5.78 Å². The zero-order valence-electron chi connectivity index (χ0n) is 16.9. The van der Waals surface area contributed by atoms with Gasteiger partial charge in [-0.25, -0.2) is 8.42 Å². The average Bonchev–Trinajstić information content (AvgIpc) is 3.23. The Balaban J connectivity index is 1.36. The maximum Gasteiger partial charge on any atom is 0.243 e. The molecule has 0 atom stereocenters. The molecule has 0 spiro atoms. The molecule has 31 heavy (non-hydrogen) atoms. The van der Waals surface area contributed by atoms with E-state index < -0.39 is 10.0 Å². The Hall–Kier alpha value is -2.59. The standard InChI is InChI=1S/C21H21ClN4O4S/c1-15(27)16-4-8-19(9-5-16)31(28,29)26-12-10-25(11-13-26)14-20-23-21(24-30-20)17-2-6-18(22)7-3-17/h2-9H,10-14H2,1H3. The second-order valence-corrected chi connectivity index (χ2v) is 9.65. The number of Topliss-reactive ketones (excluding diaryl/α,β-unsaturated/α-hetero) is 1. The van der Waals surface area contributed by atoms with Gasteiger partial charge in [0, 0.05) is 42.3 Å². The van der Waals surface area contributed by atoms with Gasteiger partial charge in [0.2, 0.25) is 21.7 Å². The van der Waals surface area contributed by atoms with Gasteiger partial charge in [-0.1, -0.05) is 28.9 Å². The van der Waals surface area contributed by atoms with E-state index in [1.165, 1.54) is 23.4 Å². The highest BCUT2D eigenvalue weighted by atomic mass is 35.5. The van der Waals surface area contributed by atoms with E-state index in [2.05, 4.69) is 15.0 Å². The van der Waals surface area contributed by atoms with Crippen molar-refractivity contribution in [2.24, 2.45) is 0 Å². The van der Waals surface area contributed by atoms with E-state index in [0.717, 1.165) is 5.56 Å². The smallest absolute Gasteiger partial charge is 0.243 e. The van der Waals surface area contributed by atoms with Crippen LogP contribution in [0.1, 0.15) is 23.2 Å². The van der Waals surface area contributed by atoms with Crippen molar-refractivity contribution in [1.82, 2.24) is 19.3 Å². The molecule has 1 aromatic heterocycles. The summed E-state index contributed by atoms with van der Waals surface area (Å²) in [7, 11) is -3.60. The first-order valence-electron chi connectivity index (χ1n) is 9.75. The third-order valence-corrected chi connectivity index (χ3v) is 7.32. The van der Waals surface area contributed by atoms with E-state index in [1.54, 1.807) is 24.3 Å². The first-order chi connectivity index (χ1) is 14.8. The second-order valence-electron chi connectivity index (χ2n) is 7.28. The van der Waals surface area contributed by atoms with Crippen LogP contribution in [0.15, 0.2) is 57.9 Å². The number of piperazine rings is 1. The van der Waals surface area contributed by atoms with Crippen molar-refractivity contribution >= 4 is 27.4 Å². The van der Waals surface area contributed by atoms with Gasteiger partial charge in [-0.15, -0.1) is 0 Å². The fourth-order valence-corrected chi connectivity index (χ4v) is 4.91. The Labute approximate surface area is 185 Å². The van der Waals surface area contributed by atoms with Crippen LogP contribution in [-0.2, 0) is 16.6 Å². The Bertz CT molecular complexity index is 1170. The third-order valence-electron chi connectivity index (χ3n) is 5.16. The van der Waals surface area contributed by atoms with Gasteiger partial charge in [-0.2, -0.15) is 9.29 Å². The minimum atomic E-state index is -3.60. The maximum absolute atomic E-state index is 12.9. The van der Waals surface area contributed by atoms with Crippen molar-refractivity contribution in [2.45, 2.75) is 18.4 Å². The summed E-state index contributed by atoms with van der Waals surface area (Å²) >= 11 is 5.90. The van der Waals surface area contributed by atoms with Crippen molar-refractivity contribution in [3.63, 3.8) is 0 Å². The second kappa shape index (κ2) is 8.88. The number of benzene rings is 2. The molecule has 0 saturated carbocycles. The molecule has 0 amide bonds. The molecule has 0 unspecified atom stereocenters. The molecule has 2 aromatic carbocycles. The van der Waals surface area contributed by atoms with E-state index in [-0.39, 0.29) is 10.7 Å². The Morgan fingerprint density at radius 2 is 1.68 bits per heavy atom. The predicted octanol–water partition coefficient (Wildman–Crippen LogP) is 3.10. The molecule has 1 aliphatic rings. The predicted molar refractivity (Wildman–Crippen MR) is 115 cm³/mol. The number of aromatic nitrogens is 2. The van der Waals surface area contributed by atoms with Crippen LogP contribution >= 0.6 is 11.6 Å². The van der Waals surface area contributed by atoms with Crippen LogP contribution in [0.2, 0.25) is 5.02 Å². The summed E-state index contributed by atoms with van der Waals surface area (Å²) in [6.07, 6.45) is 0. The summed E-state index contributed by atoms with van der Waals surface area (Å²) in [6.45, 7) is 3.70. The minimum Gasteiger partial charge on any atom is -0.338 e. The van der Waals surface area contributed by atoms with Crippen molar-refractivity contribution in [2.75, 3.05) is 26.2 Å². The summed E-state index contributed by atoms with van der Waals surface area (Å²) in [4.78, 5) is 18.1. The maximum atomic E-state index is 12.9. The van der Waals surface area contributed by atoms with Gasteiger partial charge in [-0.05, 0) is 43.3 Å². The number of halogens is 1. The lowest BCUT2D eigenvalue weighted by atomic mass is 10.2. The lowest BCUT2D eigenvalue weighted by Crippen LogP contribution is -2.48. The number of hydrogen-bond donors (Lipinski definition) is 0. The topological polar surface area (TPSA) is 96.6 Å². The monoisotopic (exact) mass is 460 g/mol. The number of ketones is 1. The zero-order chi connectivity index (χ0) is 22.0. The first kappa shape index (κ1) is 21.6. The molecule has 1 aliphatic heterocycles. The number of nitrogens with zero attached hydrogens (tertiary/aromatic N) is 4. The van der Waals surface area contributed by atoms with Crippen LogP contribution in [0.4, 0.5) is 0 Å². The molecule has 0 N–H and O–H groups in total. The van der Waals surface area contributed by atoms with Crippen LogP contribution in [0.3, 0.4) is 0 Å². The van der Waals surface area contributed by atoms with Gasteiger partial charge in [0.05, 0.1) is 11.4 Å². The molecule has 2 heterocycles. The van der Waals surface area contributed by atoms with E-state index in [0.29, 0.717) is 55.0 Å². The van der Waals surface area contributed by atoms with Crippen LogP contribution < -0.4 is 0 Å². The van der Waals surface area contributed by atoms with Gasteiger partial charge >= 0.3 is 0 Å². The highest BCUT2D eigenvalue weighted by molar-refractivity contribution is 7.89. The summed E-state index contributed by atoms with van der Waals surface area (Å²) in [6, 6.07) is 13.2. The quantitative estimate of drug-likeness (QED) is 0.521. The largest absolute Gasteiger partial charge is 0.338 e. The Morgan fingerprint density at radius 3 is 2.29 bits per heavy atom. The molecule has 1 fully saturated rings. The molecule has 3 aromatic rings. The number of carbonyl (C=O) groups excluding carboxylic acids is 1. The van der Waals surface area contributed by atoms with E-state index in [4.69, 9.17) is 16.1 Å². The normalized spacial score (nSPS) is 15.8. The zero-order valence-corrected chi connectivity index (χ0v) is 18.4. The molecular formula is C21H21ClN4O4S. The summed E-state index contributed by atoms with van der Waals surface area (Å²) < 4.78 is 32.6. The average molecular weight is 461 g/mol. The van der Waals surface area contributed by atoms with Crippen LogP contribution in [0, 0.1) is 0 Å². The summed E-state index contributed by atoms with van der Waals surface area (Å²) in [5.41, 5.74) is 1.30. The molecule has 4 rings (SSSR count). The molecule has 8 nitrogen and oxygen atoms in total. The van der Waals surface area contributed by atoms with Gasteiger partial charge in [0.1, 0.15) is 0 Å². The fraction of sp³-hybridized carbons (Fsp3) is 0.286. The first-order valence-corrected chi connectivity index (χ1v) is 11.6.